The van der Waals surface area contributed by atoms with Crippen molar-refractivity contribution in [3.8, 4) is 0 Å². The molecular formula is C32H44O13. The molecule has 0 aromatic rings. The highest BCUT2D eigenvalue weighted by molar-refractivity contribution is 5.89. The Hall–Kier alpha value is -3.29. The van der Waals surface area contributed by atoms with Gasteiger partial charge in [-0.3, -0.25) is 19.2 Å². The van der Waals surface area contributed by atoms with Gasteiger partial charge in [-0.25, -0.2) is 4.79 Å². The van der Waals surface area contributed by atoms with Crippen molar-refractivity contribution in [3.63, 3.8) is 0 Å². The number of unbranched alkanes of at least 4 members (excludes halogenated alkanes) is 2. The predicted molar refractivity (Wildman–Crippen MR) is 154 cm³/mol. The van der Waals surface area contributed by atoms with Crippen molar-refractivity contribution in [1.82, 2.24) is 0 Å². The topological polar surface area (TPSA) is 184 Å². The normalized spacial score (nSPS) is 41.7. The number of fused-ring (bicyclic) bond motifs is 1. The maximum absolute atomic E-state index is 13.3. The second-order valence-electron chi connectivity index (χ2n) is 13.0. The van der Waals surface area contributed by atoms with E-state index in [0.717, 1.165) is 33.6 Å². The molecular weight excluding hydrogens is 592 g/mol. The summed E-state index contributed by atoms with van der Waals surface area (Å²) in [6.07, 6.45) is -2.13. The van der Waals surface area contributed by atoms with Crippen LogP contribution < -0.4 is 0 Å². The first kappa shape index (κ1) is 34.6. The molecule has 1 spiro atoms. The van der Waals surface area contributed by atoms with Crippen LogP contribution in [0.4, 0.5) is 0 Å². The highest BCUT2D eigenvalue weighted by Gasteiger charge is 2.88. The molecule has 0 radical (unpaired) electrons. The van der Waals surface area contributed by atoms with Crippen molar-refractivity contribution >= 4 is 29.8 Å². The van der Waals surface area contributed by atoms with Crippen LogP contribution in [0.25, 0.3) is 0 Å². The second kappa shape index (κ2) is 12.1. The zero-order chi connectivity index (χ0) is 33.7. The van der Waals surface area contributed by atoms with Crippen molar-refractivity contribution in [2.75, 3.05) is 0 Å². The molecule has 4 rings (SSSR count). The summed E-state index contributed by atoms with van der Waals surface area (Å²) >= 11 is 0. The summed E-state index contributed by atoms with van der Waals surface area (Å²) < 4.78 is 35.5. The van der Waals surface area contributed by atoms with Gasteiger partial charge in [-0.15, -0.1) is 0 Å². The number of hydrogen-bond acceptors (Lipinski definition) is 13. The van der Waals surface area contributed by atoms with Gasteiger partial charge in [-0.1, -0.05) is 38.8 Å². The van der Waals surface area contributed by atoms with Crippen LogP contribution in [0.1, 0.15) is 81.1 Å². The van der Waals surface area contributed by atoms with E-state index in [1.807, 2.05) is 6.92 Å². The SMILES string of the molecule is CCCCCC(=O)OC1C(C)=CC2OC(=O)C3(C)OC23C(OC(C)=O)C2C(C)(O)C(O)C=CC2(C)C(OC(C)=O)C1OC(C)=O. The van der Waals surface area contributed by atoms with Gasteiger partial charge in [0.05, 0.1) is 5.60 Å². The van der Waals surface area contributed by atoms with E-state index in [0.29, 0.717) is 6.42 Å². The second-order valence-corrected chi connectivity index (χ2v) is 13.0. The van der Waals surface area contributed by atoms with Crippen LogP contribution in [-0.4, -0.2) is 93.5 Å². The lowest BCUT2D eigenvalue weighted by atomic mass is 9.55. The molecule has 250 valence electrons. The van der Waals surface area contributed by atoms with Crippen LogP contribution >= 0.6 is 0 Å². The molecule has 0 saturated carbocycles. The van der Waals surface area contributed by atoms with E-state index in [1.165, 1.54) is 32.1 Å². The molecule has 0 aromatic heterocycles. The summed E-state index contributed by atoms with van der Waals surface area (Å²) in [6, 6.07) is 0. The maximum atomic E-state index is 13.3. The molecule has 2 fully saturated rings. The largest absolute Gasteiger partial charge is 0.459 e. The quantitative estimate of drug-likeness (QED) is 0.130. The summed E-state index contributed by atoms with van der Waals surface area (Å²) in [5, 5.41) is 23.1. The van der Waals surface area contributed by atoms with Gasteiger partial charge in [0.15, 0.2) is 35.6 Å². The Balaban J connectivity index is 2.05. The van der Waals surface area contributed by atoms with Gasteiger partial charge in [-0.2, -0.15) is 0 Å². The van der Waals surface area contributed by atoms with Crippen molar-refractivity contribution < 1.29 is 62.6 Å². The Morgan fingerprint density at radius 1 is 0.933 bits per heavy atom. The smallest absolute Gasteiger partial charge is 0.342 e. The van der Waals surface area contributed by atoms with Crippen molar-refractivity contribution in [2.24, 2.45) is 11.3 Å². The van der Waals surface area contributed by atoms with Gasteiger partial charge in [0.1, 0.15) is 12.2 Å². The first-order valence-corrected chi connectivity index (χ1v) is 15.3. The molecule has 11 atom stereocenters. The monoisotopic (exact) mass is 636 g/mol. The number of carbonyl (C=O) groups excluding carboxylic acids is 5. The Morgan fingerprint density at radius 3 is 2.09 bits per heavy atom. The summed E-state index contributed by atoms with van der Waals surface area (Å²) in [5.74, 6) is -5.13. The molecule has 2 aliphatic carbocycles. The molecule has 2 saturated heterocycles. The molecule has 2 aliphatic heterocycles. The van der Waals surface area contributed by atoms with E-state index in [2.05, 4.69) is 0 Å². The fraction of sp³-hybridized carbons (Fsp3) is 0.719. The summed E-state index contributed by atoms with van der Waals surface area (Å²) in [5.41, 5.74) is -6.81. The zero-order valence-corrected chi connectivity index (χ0v) is 27.0. The number of esters is 5. The molecule has 0 amide bonds. The lowest BCUT2D eigenvalue weighted by Crippen LogP contribution is -2.69. The highest BCUT2D eigenvalue weighted by Crippen LogP contribution is 2.65. The molecule has 13 nitrogen and oxygen atoms in total. The van der Waals surface area contributed by atoms with Crippen LogP contribution in [0.5, 0.6) is 0 Å². The summed E-state index contributed by atoms with van der Waals surface area (Å²) in [4.78, 5) is 64.5. The van der Waals surface area contributed by atoms with Crippen LogP contribution in [0.2, 0.25) is 0 Å². The van der Waals surface area contributed by atoms with Crippen LogP contribution in [0.15, 0.2) is 23.8 Å². The predicted octanol–water partition coefficient (Wildman–Crippen LogP) is 1.99. The molecule has 11 unspecified atom stereocenters. The number of epoxide rings is 1. The minimum atomic E-state index is -2.12. The Morgan fingerprint density at radius 2 is 1.53 bits per heavy atom. The molecule has 0 bridgehead atoms. The molecule has 0 aromatic carbocycles. The molecule has 4 aliphatic rings. The van der Waals surface area contributed by atoms with Crippen LogP contribution in [0.3, 0.4) is 0 Å². The maximum Gasteiger partial charge on any atom is 0.342 e. The Bertz CT molecular complexity index is 1300. The third kappa shape index (κ3) is 5.78. The fourth-order valence-electron chi connectivity index (χ4n) is 7.38. The molecule has 2 heterocycles. The molecule has 13 heteroatoms. The van der Waals surface area contributed by atoms with E-state index in [9.17, 15) is 34.2 Å². The van der Waals surface area contributed by atoms with E-state index in [1.54, 1.807) is 13.8 Å². The van der Waals surface area contributed by atoms with E-state index >= 15 is 0 Å². The molecule has 2 N–H and O–H groups in total. The Labute approximate surface area is 262 Å². The van der Waals surface area contributed by atoms with Gasteiger partial charge >= 0.3 is 29.8 Å². The number of hydrogen-bond donors (Lipinski definition) is 2. The van der Waals surface area contributed by atoms with Crippen LogP contribution in [0, 0.1) is 11.3 Å². The lowest BCUT2D eigenvalue weighted by Gasteiger charge is -2.55. The van der Waals surface area contributed by atoms with Gasteiger partial charge < -0.3 is 38.6 Å². The number of rotatable bonds is 8. The fourth-order valence-corrected chi connectivity index (χ4v) is 7.38. The third-order valence-corrected chi connectivity index (χ3v) is 9.59. The number of carbonyl (C=O) groups is 5. The van der Waals surface area contributed by atoms with Crippen molar-refractivity contribution in [1.29, 1.82) is 0 Å². The Kier molecular flexibility index (Phi) is 9.33. The van der Waals surface area contributed by atoms with Gasteiger partial charge in [0.2, 0.25) is 0 Å². The third-order valence-electron chi connectivity index (χ3n) is 9.59. The average molecular weight is 637 g/mol. The van der Waals surface area contributed by atoms with E-state index < -0.39 is 94.6 Å². The first-order valence-electron chi connectivity index (χ1n) is 15.3. The van der Waals surface area contributed by atoms with Gasteiger partial charge in [0.25, 0.3) is 0 Å². The number of aliphatic hydroxyl groups excluding tert-OH is 1. The summed E-state index contributed by atoms with van der Waals surface area (Å²) in [7, 11) is 0. The van der Waals surface area contributed by atoms with Gasteiger partial charge in [0, 0.05) is 38.5 Å². The summed E-state index contributed by atoms with van der Waals surface area (Å²) in [6.45, 7) is 11.3. The minimum Gasteiger partial charge on any atom is -0.459 e. The zero-order valence-electron chi connectivity index (χ0n) is 27.0. The number of ether oxygens (including phenoxy) is 6. The number of aliphatic hydroxyl groups is 2. The standard InChI is InChI=1S/C32H44O13/c1-9-10-11-12-22(37)44-23-16(2)15-21-32(31(8,45-32)28(38)43-21)27(42-19(5)35)25-29(6,14-13-20(36)30(25,7)39)26(41-18(4)34)24(23)40-17(3)33/h13-15,20-21,23-27,36,39H,9-12H2,1-8H3. The lowest BCUT2D eigenvalue weighted by molar-refractivity contribution is -0.230. The van der Waals surface area contributed by atoms with E-state index in [4.69, 9.17) is 28.4 Å². The minimum absolute atomic E-state index is 0.0569. The van der Waals surface area contributed by atoms with Crippen molar-refractivity contribution in [3.05, 3.63) is 23.8 Å². The van der Waals surface area contributed by atoms with Crippen molar-refractivity contribution in [2.45, 2.75) is 135 Å². The van der Waals surface area contributed by atoms with E-state index in [-0.39, 0.29) is 12.0 Å². The average Bonchev–Trinajstić information content (AvgIpc) is 3.51. The highest BCUT2D eigenvalue weighted by atomic mass is 16.7. The van der Waals surface area contributed by atoms with Crippen LogP contribution in [-0.2, 0) is 52.4 Å². The molecule has 45 heavy (non-hydrogen) atoms. The van der Waals surface area contributed by atoms with Gasteiger partial charge in [-0.05, 0) is 38.8 Å². The first-order chi connectivity index (χ1) is 20.9.